The number of rotatable bonds is 11. The standard InChI is InChI=1S/C42H49NO4S/c1-30-21-25-38-37(29-30)42(6,7)39(43(38)27-14-28-48(44,45)46)26-24-34-17-13-16-33(40(34)47-35-18-9-8-10-19-35)23-22-32(3)41(4,5)36-20-12-11-15-31(36)2/h8-12,15,18-26,29H,3,13-14,16-17,27-28H2,1-2,4-7H3,(H,44,45,46)/b23-22+,34-24+,39-26+. The molecule has 3 aromatic rings. The molecule has 0 fully saturated rings. The first-order valence-electron chi connectivity index (χ1n) is 16.8. The van der Waals surface area contributed by atoms with Crippen LogP contribution in [0.25, 0.3) is 0 Å². The molecule has 0 aromatic heterocycles. The lowest BCUT2D eigenvalue weighted by molar-refractivity contribution is 0.415. The number of fused-ring (bicyclic) bond motifs is 1. The fourth-order valence-corrected chi connectivity index (χ4v) is 7.42. The molecule has 0 saturated carbocycles. The number of ether oxygens (including phenoxy) is 1. The minimum atomic E-state index is -4.05. The highest BCUT2D eigenvalue weighted by Gasteiger charge is 2.40. The summed E-state index contributed by atoms with van der Waals surface area (Å²) in [6, 6.07) is 24.8. The lowest BCUT2D eigenvalue weighted by atomic mass is 9.76. The van der Waals surface area contributed by atoms with Crippen LogP contribution in [0.15, 0.2) is 132 Å². The van der Waals surface area contributed by atoms with Gasteiger partial charge in [-0.25, -0.2) is 0 Å². The zero-order chi connectivity index (χ0) is 34.7. The van der Waals surface area contributed by atoms with Crippen molar-refractivity contribution >= 4 is 15.8 Å². The monoisotopic (exact) mass is 663 g/mol. The van der Waals surface area contributed by atoms with Gasteiger partial charge in [0.15, 0.2) is 0 Å². The molecule has 0 spiro atoms. The predicted molar refractivity (Wildman–Crippen MR) is 199 cm³/mol. The van der Waals surface area contributed by atoms with Crippen molar-refractivity contribution < 1.29 is 17.7 Å². The van der Waals surface area contributed by atoms with E-state index in [1.807, 2.05) is 30.3 Å². The molecule has 0 atom stereocenters. The first-order chi connectivity index (χ1) is 22.7. The number of anilines is 1. The van der Waals surface area contributed by atoms with Gasteiger partial charge in [0.05, 0.1) is 5.75 Å². The van der Waals surface area contributed by atoms with Crippen molar-refractivity contribution in [3.05, 3.63) is 154 Å². The average molecular weight is 664 g/mol. The summed E-state index contributed by atoms with van der Waals surface area (Å²) >= 11 is 0. The van der Waals surface area contributed by atoms with E-state index in [0.29, 0.717) is 13.0 Å². The van der Waals surface area contributed by atoms with Gasteiger partial charge in [-0.15, -0.1) is 0 Å². The Bertz CT molecular complexity index is 1910. The third-order valence-electron chi connectivity index (χ3n) is 9.82. The number of nitrogens with zero attached hydrogens (tertiary/aromatic N) is 1. The normalized spacial score (nSPS) is 18.2. The minimum absolute atomic E-state index is 0.235. The van der Waals surface area contributed by atoms with Crippen LogP contribution in [0.4, 0.5) is 5.69 Å². The van der Waals surface area contributed by atoms with Crippen molar-refractivity contribution in [3.8, 4) is 5.75 Å². The number of allylic oxidation sites excluding steroid dienone is 8. The maximum Gasteiger partial charge on any atom is 0.264 e. The maximum atomic E-state index is 11.6. The van der Waals surface area contributed by atoms with Gasteiger partial charge < -0.3 is 9.64 Å². The Kier molecular flexibility index (Phi) is 10.4. The molecule has 0 saturated heterocycles. The number of benzene rings is 3. The Labute approximate surface area is 287 Å². The van der Waals surface area contributed by atoms with Crippen LogP contribution in [0.1, 0.15) is 75.6 Å². The van der Waals surface area contributed by atoms with Gasteiger partial charge in [-0.2, -0.15) is 8.42 Å². The number of hydrogen-bond donors (Lipinski definition) is 1. The molecular weight excluding hydrogens is 615 g/mol. The number of aryl methyl sites for hydroxylation is 2. The Balaban J connectivity index is 1.55. The van der Waals surface area contributed by atoms with Crippen LogP contribution in [0.3, 0.4) is 0 Å². The molecule has 5 nitrogen and oxygen atoms in total. The highest BCUT2D eigenvalue weighted by atomic mass is 32.2. The summed E-state index contributed by atoms with van der Waals surface area (Å²) in [6.45, 7) is 18.1. The molecule has 6 heteroatoms. The van der Waals surface area contributed by atoms with Crippen LogP contribution < -0.4 is 9.64 Å². The molecule has 3 aromatic carbocycles. The molecule has 2 aliphatic rings. The van der Waals surface area contributed by atoms with Gasteiger partial charge in [0, 0.05) is 28.8 Å². The Morgan fingerprint density at radius 3 is 2.42 bits per heavy atom. The molecular formula is C42H49NO4S. The Morgan fingerprint density at radius 1 is 1.00 bits per heavy atom. The summed E-state index contributed by atoms with van der Waals surface area (Å²) in [5.74, 6) is 1.37. The van der Waals surface area contributed by atoms with E-state index >= 15 is 0 Å². The van der Waals surface area contributed by atoms with Gasteiger partial charge in [-0.05, 0) is 97.2 Å². The summed E-state index contributed by atoms with van der Waals surface area (Å²) in [5.41, 5.74) is 9.79. The van der Waals surface area contributed by atoms with Crippen LogP contribution in [-0.2, 0) is 20.9 Å². The molecule has 0 unspecified atom stereocenters. The first-order valence-corrected chi connectivity index (χ1v) is 18.4. The number of para-hydroxylation sites is 1. The van der Waals surface area contributed by atoms with Crippen molar-refractivity contribution in [2.45, 2.75) is 78.1 Å². The SMILES string of the molecule is C=C(/C=C/C1=C(Oc2ccccc2)C(=C/C=C2/N(CCCS(=O)(=O)O)c3ccc(C)cc3C2(C)C)/CCC1)C(C)(C)c1ccccc1C. The lowest BCUT2D eigenvalue weighted by Gasteiger charge is -2.28. The molecule has 1 N–H and O–H groups in total. The molecule has 0 bridgehead atoms. The van der Waals surface area contributed by atoms with E-state index in [4.69, 9.17) is 4.74 Å². The summed E-state index contributed by atoms with van der Waals surface area (Å²) in [6.07, 6.45) is 11.8. The highest BCUT2D eigenvalue weighted by molar-refractivity contribution is 7.85. The molecule has 1 aliphatic carbocycles. The summed E-state index contributed by atoms with van der Waals surface area (Å²) in [7, 11) is -4.05. The second-order valence-electron chi connectivity index (χ2n) is 14.1. The molecule has 1 heterocycles. The van der Waals surface area contributed by atoms with Crippen LogP contribution in [-0.4, -0.2) is 25.3 Å². The van der Waals surface area contributed by atoms with Gasteiger partial charge in [0.25, 0.3) is 10.1 Å². The zero-order valence-corrected chi connectivity index (χ0v) is 30.0. The Morgan fingerprint density at radius 2 is 1.71 bits per heavy atom. The van der Waals surface area contributed by atoms with Gasteiger partial charge in [0.2, 0.25) is 0 Å². The lowest BCUT2D eigenvalue weighted by Crippen LogP contribution is -2.28. The third kappa shape index (κ3) is 7.77. The van der Waals surface area contributed by atoms with Crippen molar-refractivity contribution in [2.75, 3.05) is 17.2 Å². The summed E-state index contributed by atoms with van der Waals surface area (Å²) in [4.78, 5) is 2.21. The van der Waals surface area contributed by atoms with Crippen LogP contribution in [0, 0.1) is 13.8 Å². The summed E-state index contributed by atoms with van der Waals surface area (Å²) < 4.78 is 39.2. The van der Waals surface area contributed by atoms with E-state index in [9.17, 15) is 13.0 Å². The highest BCUT2D eigenvalue weighted by Crippen LogP contribution is 2.48. The van der Waals surface area contributed by atoms with Crippen LogP contribution in [0.5, 0.6) is 5.75 Å². The second kappa shape index (κ2) is 14.2. The molecule has 0 amide bonds. The van der Waals surface area contributed by atoms with Gasteiger partial charge in [0.1, 0.15) is 11.5 Å². The van der Waals surface area contributed by atoms with E-state index in [2.05, 4.69) is 120 Å². The van der Waals surface area contributed by atoms with Crippen molar-refractivity contribution in [1.82, 2.24) is 0 Å². The molecule has 252 valence electrons. The van der Waals surface area contributed by atoms with Gasteiger partial charge >= 0.3 is 0 Å². The molecule has 5 rings (SSSR count). The zero-order valence-electron chi connectivity index (χ0n) is 29.2. The molecule has 1 aliphatic heterocycles. The Hall–Kier alpha value is -4.13. The van der Waals surface area contributed by atoms with Crippen LogP contribution >= 0.6 is 0 Å². The first kappa shape index (κ1) is 35.2. The van der Waals surface area contributed by atoms with E-state index in [0.717, 1.165) is 58.9 Å². The summed E-state index contributed by atoms with van der Waals surface area (Å²) in [5, 5.41) is 0. The van der Waals surface area contributed by atoms with E-state index in [-0.39, 0.29) is 16.6 Å². The topological polar surface area (TPSA) is 66.8 Å². The molecule has 0 radical (unpaired) electrons. The van der Waals surface area contributed by atoms with Crippen molar-refractivity contribution in [2.24, 2.45) is 0 Å². The van der Waals surface area contributed by atoms with Crippen molar-refractivity contribution in [1.29, 1.82) is 0 Å². The van der Waals surface area contributed by atoms with Crippen molar-refractivity contribution in [3.63, 3.8) is 0 Å². The van der Waals surface area contributed by atoms with E-state index in [1.165, 1.54) is 22.3 Å². The maximum absolute atomic E-state index is 11.6. The van der Waals surface area contributed by atoms with Crippen LogP contribution in [0.2, 0.25) is 0 Å². The van der Waals surface area contributed by atoms with E-state index < -0.39 is 10.1 Å². The van der Waals surface area contributed by atoms with E-state index in [1.54, 1.807) is 0 Å². The molecule has 48 heavy (non-hydrogen) atoms. The van der Waals surface area contributed by atoms with Gasteiger partial charge in [-0.1, -0.05) is 113 Å². The minimum Gasteiger partial charge on any atom is -0.457 e. The number of hydrogen-bond acceptors (Lipinski definition) is 4. The quantitative estimate of drug-likeness (QED) is 0.163. The largest absolute Gasteiger partial charge is 0.457 e. The smallest absolute Gasteiger partial charge is 0.264 e. The van der Waals surface area contributed by atoms with Gasteiger partial charge in [-0.3, -0.25) is 4.55 Å². The fraction of sp³-hybridized carbons (Fsp3) is 0.333. The fourth-order valence-electron chi connectivity index (χ4n) is 6.93. The third-order valence-corrected chi connectivity index (χ3v) is 10.6. The second-order valence-corrected chi connectivity index (χ2v) is 15.7. The predicted octanol–water partition coefficient (Wildman–Crippen LogP) is 10.1. The average Bonchev–Trinajstić information content (AvgIpc) is 3.24.